The van der Waals surface area contributed by atoms with Crippen LogP contribution in [0.3, 0.4) is 0 Å². The van der Waals surface area contributed by atoms with E-state index in [4.69, 9.17) is 18.0 Å². The molecule has 0 spiro atoms. The number of benzene rings is 2. The largest absolute Gasteiger partial charge is 0.375 e. The molecule has 2 heterocycles. The second-order valence-corrected chi connectivity index (χ2v) is 10.9. The molecule has 4 aromatic rings. The Morgan fingerprint density at radius 3 is 2.71 bits per heavy atom. The van der Waals surface area contributed by atoms with Crippen LogP contribution in [0.25, 0.3) is 21.0 Å². The molecule has 0 aliphatic rings. The molecular weight excluding hydrogens is 490 g/mol. The van der Waals surface area contributed by atoms with Crippen LogP contribution in [0.5, 0.6) is 0 Å². The SMILES string of the molecule is CNS(=O)(=O)N(C[C@H](C)c1csc2ccc(NC(=O)c3ccc4ccccc4n3)cc12)C(N)=S. The molecule has 2 aromatic heterocycles. The Balaban J connectivity index is 1.59. The topological polar surface area (TPSA) is 117 Å². The summed E-state index contributed by atoms with van der Waals surface area (Å²) in [7, 11) is -2.50. The first-order valence-corrected chi connectivity index (χ1v) is 13.1. The Kier molecular flexibility index (Phi) is 6.80. The third-order valence-electron chi connectivity index (χ3n) is 5.46. The number of anilines is 1. The van der Waals surface area contributed by atoms with Crippen LogP contribution in [-0.4, -0.2) is 42.3 Å². The highest BCUT2D eigenvalue weighted by molar-refractivity contribution is 7.89. The van der Waals surface area contributed by atoms with Crippen molar-refractivity contribution in [2.45, 2.75) is 12.8 Å². The fourth-order valence-electron chi connectivity index (χ4n) is 3.66. The highest BCUT2D eigenvalue weighted by Crippen LogP contribution is 2.34. The van der Waals surface area contributed by atoms with Gasteiger partial charge in [-0.1, -0.05) is 31.2 Å². The van der Waals surface area contributed by atoms with Crippen LogP contribution in [0.15, 0.2) is 60.0 Å². The minimum atomic E-state index is -3.81. The van der Waals surface area contributed by atoms with Gasteiger partial charge in [0, 0.05) is 35.3 Å². The van der Waals surface area contributed by atoms with Crippen LogP contribution in [0.4, 0.5) is 5.69 Å². The highest BCUT2D eigenvalue weighted by atomic mass is 32.2. The molecule has 0 unspecified atom stereocenters. The highest BCUT2D eigenvalue weighted by Gasteiger charge is 2.25. The molecule has 1 amide bonds. The summed E-state index contributed by atoms with van der Waals surface area (Å²) < 4.78 is 28.8. The number of amides is 1. The lowest BCUT2D eigenvalue weighted by atomic mass is 10.00. The second kappa shape index (κ2) is 9.63. The van der Waals surface area contributed by atoms with Crippen LogP contribution in [0.2, 0.25) is 0 Å². The van der Waals surface area contributed by atoms with E-state index >= 15 is 0 Å². The summed E-state index contributed by atoms with van der Waals surface area (Å²) in [5.41, 5.74) is 8.30. The molecular formula is C23H23N5O3S3. The summed E-state index contributed by atoms with van der Waals surface area (Å²) in [5, 5.41) is 6.55. The van der Waals surface area contributed by atoms with Crippen molar-refractivity contribution in [3.8, 4) is 0 Å². The Morgan fingerprint density at radius 2 is 1.97 bits per heavy atom. The van der Waals surface area contributed by atoms with Crippen molar-refractivity contribution in [3.05, 3.63) is 71.2 Å². The van der Waals surface area contributed by atoms with Crippen molar-refractivity contribution in [3.63, 3.8) is 0 Å². The summed E-state index contributed by atoms with van der Waals surface area (Å²) in [6, 6.07) is 16.8. The van der Waals surface area contributed by atoms with E-state index in [2.05, 4.69) is 15.0 Å². The van der Waals surface area contributed by atoms with Crippen LogP contribution in [0.1, 0.15) is 28.9 Å². The van der Waals surface area contributed by atoms with E-state index < -0.39 is 10.2 Å². The molecule has 4 rings (SSSR count). The van der Waals surface area contributed by atoms with E-state index in [9.17, 15) is 13.2 Å². The van der Waals surface area contributed by atoms with E-state index in [1.807, 2.05) is 60.8 Å². The lowest BCUT2D eigenvalue weighted by molar-refractivity contribution is 0.102. The van der Waals surface area contributed by atoms with E-state index in [0.717, 1.165) is 30.9 Å². The second-order valence-electron chi connectivity index (χ2n) is 7.72. The molecule has 34 heavy (non-hydrogen) atoms. The van der Waals surface area contributed by atoms with Crippen LogP contribution >= 0.6 is 23.6 Å². The van der Waals surface area contributed by atoms with Gasteiger partial charge in [0.1, 0.15) is 5.69 Å². The van der Waals surface area contributed by atoms with Gasteiger partial charge in [0.15, 0.2) is 5.11 Å². The van der Waals surface area contributed by atoms with Crippen molar-refractivity contribution in [1.82, 2.24) is 14.0 Å². The maximum absolute atomic E-state index is 12.8. The molecule has 4 N–H and O–H groups in total. The minimum Gasteiger partial charge on any atom is -0.375 e. The molecule has 1 atom stereocenters. The van der Waals surface area contributed by atoms with E-state index in [1.165, 1.54) is 7.05 Å². The lowest BCUT2D eigenvalue weighted by Crippen LogP contribution is -2.47. The van der Waals surface area contributed by atoms with Gasteiger partial charge in [0.2, 0.25) is 0 Å². The summed E-state index contributed by atoms with van der Waals surface area (Å²) in [6.45, 7) is 1.99. The van der Waals surface area contributed by atoms with Gasteiger partial charge >= 0.3 is 10.2 Å². The normalized spacial score (nSPS) is 12.5. The fourth-order valence-corrected chi connectivity index (χ4v) is 5.97. The van der Waals surface area contributed by atoms with Crippen LogP contribution in [-0.2, 0) is 10.2 Å². The monoisotopic (exact) mass is 513 g/mol. The number of nitrogens with one attached hydrogen (secondary N) is 2. The number of rotatable bonds is 7. The zero-order valence-corrected chi connectivity index (χ0v) is 20.9. The summed E-state index contributed by atoms with van der Waals surface area (Å²) in [6.07, 6.45) is 0. The standard InChI is InChI=1S/C23H23N5O3S3/c1-14(12-28(23(24)32)34(30,31)25-2)18-13-33-21-10-8-16(11-17(18)21)26-22(29)20-9-7-15-5-3-4-6-19(15)27-20/h3-11,13-14,25H,12H2,1-2H3,(H2,24,32)(H,26,29)/t14-/m0/s1. The number of hydrogen-bond acceptors (Lipinski definition) is 6. The van der Waals surface area contributed by atoms with E-state index in [-0.39, 0.29) is 23.5 Å². The van der Waals surface area contributed by atoms with Gasteiger partial charge in [-0.15, -0.1) is 11.3 Å². The van der Waals surface area contributed by atoms with Gasteiger partial charge in [0.25, 0.3) is 5.91 Å². The van der Waals surface area contributed by atoms with Gasteiger partial charge in [-0.05, 0) is 58.9 Å². The Hall–Kier alpha value is -3.12. The number of nitrogens with two attached hydrogens (primary N) is 1. The number of para-hydroxylation sites is 1. The molecule has 0 saturated heterocycles. The van der Waals surface area contributed by atoms with Crippen molar-refractivity contribution < 1.29 is 13.2 Å². The van der Waals surface area contributed by atoms with Gasteiger partial charge in [-0.3, -0.25) is 4.79 Å². The molecule has 8 nitrogen and oxygen atoms in total. The zero-order chi connectivity index (χ0) is 24.5. The zero-order valence-electron chi connectivity index (χ0n) is 18.5. The number of nitrogens with zero attached hydrogens (tertiary/aromatic N) is 2. The Labute approximate surface area is 207 Å². The average Bonchev–Trinajstić information content (AvgIpc) is 3.25. The minimum absolute atomic E-state index is 0.0853. The maximum Gasteiger partial charge on any atom is 0.303 e. The molecule has 0 saturated carbocycles. The van der Waals surface area contributed by atoms with Crippen molar-refractivity contribution in [1.29, 1.82) is 0 Å². The average molecular weight is 514 g/mol. The van der Waals surface area contributed by atoms with Gasteiger partial charge in [-0.25, -0.2) is 14.0 Å². The van der Waals surface area contributed by atoms with Crippen molar-refractivity contribution in [2.24, 2.45) is 5.73 Å². The summed E-state index contributed by atoms with van der Waals surface area (Å²) in [5.74, 6) is -0.513. The lowest BCUT2D eigenvalue weighted by Gasteiger charge is -2.25. The predicted molar refractivity (Wildman–Crippen MR) is 141 cm³/mol. The quantitative estimate of drug-likeness (QED) is 0.324. The number of fused-ring (bicyclic) bond motifs is 2. The Morgan fingerprint density at radius 1 is 1.21 bits per heavy atom. The predicted octanol–water partition coefficient (Wildman–Crippen LogP) is 3.82. The smallest absolute Gasteiger partial charge is 0.303 e. The molecule has 0 aliphatic carbocycles. The number of carbonyl (C=O) groups excluding carboxylic acids is 1. The fraction of sp³-hybridized carbons (Fsp3) is 0.174. The number of thiocarbonyl (C=S) groups is 1. The number of aromatic nitrogens is 1. The molecule has 0 bridgehead atoms. The first kappa shape index (κ1) is 24.0. The summed E-state index contributed by atoms with van der Waals surface area (Å²) >= 11 is 6.50. The molecule has 2 aromatic carbocycles. The van der Waals surface area contributed by atoms with Crippen LogP contribution < -0.4 is 15.8 Å². The number of thiophene rings is 1. The van der Waals surface area contributed by atoms with Gasteiger partial charge in [-0.2, -0.15) is 8.42 Å². The Bertz CT molecular complexity index is 1500. The first-order valence-electron chi connectivity index (χ1n) is 10.4. The number of pyridine rings is 1. The third-order valence-corrected chi connectivity index (χ3v) is 8.22. The van der Waals surface area contributed by atoms with Crippen molar-refractivity contribution in [2.75, 3.05) is 18.9 Å². The molecule has 0 radical (unpaired) electrons. The van der Waals surface area contributed by atoms with E-state index in [1.54, 1.807) is 17.4 Å². The molecule has 0 aliphatic heterocycles. The maximum atomic E-state index is 12.8. The number of hydrogen-bond donors (Lipinski definition) is 3. The first-order chi connectivity index (χ1) is 16.2. The molecule has 0 fully saturated rings. The van der Waals surface area contributed by atoms with E-state index in [0.29, 0.717) is 11.4 Å². The van der Waals surface area contributed by atoms with Crippen molar-refractivity contribution >= 4 is 71.5 Å². The molecule has 176 valence electrons. The van der Waals surface area contributed by atoms with Crippen LogP contribution in [0, 0.1) is 0 Å². The molecule has 11 heteroatoms. The number of carbonyl (C=O) groups is 1. The summed E-state index contributed by atoms with van der Waals surface area (Å²) in [4.78, 5) is 17.3. The van der Waals surface area contributed by atoms with Gasteiger partial charge in [0.05, 0.1) is 5.52 Å². The third kappa shape index (κ3) is 4.87. The van der Waals surface area contributed by atoms with Gasteiger partial charge < -0.3 is 11.1 Å².